The third kappa shape index (κ3) is 69.3. The van der Waals surface area contributed by atoms with E-state index in [4.69, 9.17) is 14.2 Å². The summed E-state index contributed by atoms with van der Waals surface area (Å²) in [5.41, 5.74) is 0. The molecule has 0 heterocycles. The van der Waals surface area contributed by atoms with E-state index >= 15 is 0 Å². The maximum atomic E-state index is 12.9. The lowest BCUT2D eigenvalue weighted by atomic mass is 10.0. The van der Waals surface area contributed by atoms with Gasteiger partial charge in [0.1, 0.15) is 13.2 Å². The molecule has 0 aromatic carbocycles. The molecule has 0 bridgehead atoms. The molecule has 0 aliphatic carbocycles. The van der Waals surface area contributed by atoms with Gasteiger partial charge in [-0.05, 0) is 70.6 Å². The maximum Gasteiger partial charge on any atom is 0.306 e. The van der Waals surface area contributed by atoms with E-state index in [0.29, 0.717) is 19.3 Å². The molecule has 0 aromatic heterocycles. The molecule has 0 saturated carbocycles. The summed E-state index contributed by atoms with van der Waals surface area (Å²) in [6.07, 6.45) is 94.8. The molecule has 0 rings (SSSR count). The normalized spacial score (nSPS) is 12.6. The van der Waals surface area contributed by atoms with Crippen LogP contribution in [0.15, 0.2) is 85.1 Å². The number of allylic oxidation sites excluding steroid dienone is 14. The van der Waals surface area contributed by atoms with E-state index in [1.165, 1.54) is 231 Å². The molecule has 0 radical (unpaired) electrons. The highest BCUT2D eigenvalue weighted by atomic mass is 16.6. The minimum atomic E-state index is -0.807. The Morgan fingerprint density at radius 1 is 0.253 bits per heavy atom. The van der Waals surface area contributed by atoms with Gasteiger partial charge in [0.15, 0.2) is 6.10 Å². The standard InChI is InChI=1S/C77H136O6/c1-4-7-10-13-16-19-22-25-28-31-34-36-38-40-41-43-46-49-52-55-58-61-64-67-70-76(79)82-73-74(72-81-75(78)69-66-63-60-57-54-51-48-45-33-30-27-24-21-18-15-12-9-6-3)83-77(80)71-68-65-62-59-56-53-50-47-44-42-39-37-35-32-29-26-23-20-17-14-11-8-5-2/h8,11,17,20,26,29,35,37,42,44,50,53,59,62,74H,4-7,9-10,12-16,18-19,21-25,27-28,30-34,36,38-41,43,45-49,51-52,54-58,60-61,63-73H2,1-3H3/b11-8-,20-17-,29-26-,37-35-,44-42-,53-50-,62-59-. The minimum Gasteiger partial charge on any atom is -0.462 e. The van der Waals surface area contributed by atoms with Gasteiger partial charge in [-0.3, -0.25) is 14.4 Å². The molecule has 1 atom stereocenters. The predicted octanol–water partition coefficient (Wildman–Crippen LogP) is 25.0. The average Bonchev–Trinajstić information content (AvgIpc) is 3.49. The molecule has 0 aliphatic heterocycles. The van der Waals surface area contributed by atoms with E-state index in [2.05, 4.69) is 106 Å². The highest BCUT2D eigenvalue weighted by Crippen LogP contribution is 2.18. The topological polar surface area (TPSA) is 78.9 Å². The third-order valence-corrected chi connectivity index (χ3v) is 15.9. The van der Waals surface area contributed by atoms with Crippen LogP contribution in [0, 0.1) is 0 Å². The highest BCUT2D eigenvalue weighted by Gasteiger charge is 2.19. The fourth-order valence-corrected chi connectivity index (χ4v) is 10.6. The van der Waals surface area contributed by atoms with Crippen molar-refractivity contribution in [3.63, 3.8) is 0 Å². The van der Waals surface area contributed by atoms with Crippen LogP contribution in [-0.2, 0) is 28.6 Å². The zero-order valence-corrected chi connectivity index (χ0v) is 55.2. The molecule has 1 unspecified atom stereocenters. The number of esters is 3. The Morgan fingerprint density at radius 2 is 0.470 bits per heavy atom. The molecule has 0 spiro atoms. The lowest BCUT2D eigenvalue weighted by molar-refractivity contribution is -0.167. The van der Waals surface area contributed by atoms with Crippen molar-refractivity contribution >= 4 is 17.9 Å². The van der Waals surface area contributed by atoms with Gasteiger partial charge in [0, 0.05) is 19.3 Å². The molecule has 0 fully saturated rings. The van der Waals surface area contributed by atoms with Crippen LogP contribution in [0.25, 0.3) is 0 Å². The van der Waals surface area contributed by atoms with Gasteiger partial charge >= 0.3 is 17.9 Å². The maximum absolute atomic E-state index is 12.9. The van der Waals surface area contributed by atoms with Gasteiger partial charge in [-0.2, -0.15) is 0 Å². The molecule has 6 nitrogen and oxygen atoms in total. The molecular weight excluding hydrogens is 1020 g/mol. The number of carbonyl (C=O) groups is 3. The van der Waals surface area contributed by atoms with Crippen LogP contribution in [0.4, 0.5) is 0 Å². The van der Waals surface area contributed by atoms with Crippen LogP contribution in [0.5, 0.6) is 0 Å². The van der Waals surface area contributed by atoms with E-state index in [-0.39, 0.29) is 37.5 Å². The molecule has 83 heavy (non-hydrogen) atoms. The van der Waals surface area contributed by atoms with Gasteiger partial charge in [0.25, 0.3) is 0 Å². The van der Waals surface area contributed by atoms with Crippen LogP contribution in [0.2, 0.25) is 0 Å². The zero-order chi connectivity index (χ0) is 59.9. The fourth-order valence-electron chi connectivity index (χ4n) is 10.6. The number of ether oxygens (including phenoxy) is 3. The Balaban J connectivity index is 4.41. The first kappa shape index (κ1) is 79.6. The monoisotopic (exact) mass is 1160 g/mol. The highest BCUT2D eigenvalue weighted by molar-refractivity contribution is 5.71. The van der Waals surface area contributed by atoms with Gasteiger partial charge in [0.2, 0.25) is 0 Å². The number of hydrogen-bond donors (Lipinski definition) is 0. The number of carbonyl (C=O) groups excluding carboxylic acids is 3. The Morgan fingerprint density at radius 3 is 0.723 bits per heavy atom. The van der Waals surface area contributed by atoms with Crippen LogP contribution in [-0.4, -0.2) is 37.2 Å². The van der Waals surface area contributed by atoms with Crippen molar-refractivity contribution in [2.75, 3.05) is 13.2 Å². The summed E-state index contributed by atoms with van der Waals surface area (Å²) in [5, 5.41) is 0. The van der Waals surface area contributed by atoms with Crippen LogP contribution in [0.1, 0.15) is 367 Å². The molecule has 0 aromatic rings. The second kappa shape index (κ2) is 71.1. The SMILES string of the molecule is CC/C=C\C/C=C\C/C=C\C/C=C\C/C=C\C/C=C\C/C=C\CCCC(=O)OC(COC(=O)CCCCCCCCCCCCCCCCCCCC)COC(=O)CCCCCCCCCCCCCCCCCCCCCCCCCC. The largest absolute Gasteiger partial charge is 0.462 e. The van der Waals surface area contributed by atoms with E-state index < -0.39 is 6.10 Å². The van der Waals surface area contributed by atoms with E-state index in [1.54, 1.807) is 0 Å². The van der Waals surface area contributed by atoms with Crippen LogP contribution < -0.4 is 0 Å². The second-order valence-corrected chi connectivity index (χ2v) is 24.1. The quantitative estimate of drug-likeness (QED) is 0.0261. The Hall–Kier alpha value is -3.41. The first-order valence-corrected chi connectivity index (χ1v) is 36.1. The van der Waals surface area contributed by atoms with Gasteiger partial charge in [0.05, 0.1) is 0 Å². The molecule has 6 heteroatoms. The molecule has 0 amide bonds. The summed E-state index contributed by atoms with van der Waals surface area (Å²) < 4.78 is 17.0. The predicted molar refractivity (Wildman–Crippen MR) is 362 cm³/mol. The fraction of sp³-hybridized carbons (Fsp3) is 0.779. The summed E-state index contributed by atoms with van der Waals surface area (Å²) in [4.78, 5) is 38.5. The summed E-state index contributed by atoms with van der Waals surface area (Å²) in [7, 11) is 0. The van der Waals surface area contributed by atoms with Gasteiger partial charge < -0.3 is 14.2 Å². The lowest BCUT2D eigenvalue weighted by Crippen LogP contribution is -2.30. The Labute approximate surface area is 515 Å². The van der Waals surface area contributed by atoms with Crippen molar-refractivity contribution in [1.82, 2.24) is 0 Å². The smallest absolute Gasteiger partial charge is 0.306 e. The number of rotatable bonds is 66. The van der Waals surface area contributed by atoms with Crippen molar-refractivity contribution in [3.8, 4) is 0 Å². The molecule has 0 aliphatic rings. The van der Waals surface area contributed by atoms with Gasteiger partial charge in [-0.1, -0.05) is 363 Å². The third-order valence-electron chi connectivity index (χ3n) is 15.9. The Kier molecular flexibility index (Phi) is 68.2. The molecule has 0 N–H and O–H groups in total. The van der Waals surface area contributed by atoms with Crippen molar-refractivity contribution in [3.05, 3.63) is 85.1 Å². The van der Waals surface area contributed by atoms with Crippen LogP contribution in [0.3, 0.4) is 0 Å². The van der Waals surface area contributed by atoms with Crippen molar-refractivity contribution in [2.45, 2.75) is 374 Å². The summed E-state index contributed by atoms with van der Waals surface area (Å²) in [6, 6.07) is 0. The summed E-state index contributed by atoms with van der Waals surface area (Å²) in [5.74, 6) is -0.931. The van der Waals surface area contributed by atoms with Crippen LogP contribution >= 0.6 is 0 Å². The molecule has 480 valence electrons. The van der Waals surface area contributed by atoms with E-state index in [0.717, 1.165) is 89.9 Å². The van der Waals surface area contributed by atoms with Gasteiger partial charge in [-0.15, -0.1) is 0 Å². The van der Waals surface area contributed by atoms with Crippen molar-refractivity contribution < 1.29 is 28.6 Å². The van der Waals surface area contributed by atoms with Crippen molar-refractivity contribution in [1.29, 1.82) is 0 Å². The summed E-state index contributed by atoms with van der Waals surface area (Å²) in [6.45, 7) is 6.55. The number of unbranched alkanes of at least 4 members (excludes halogenated alkanes) is 41. The zero-order valence-electron chi connectivity index (χ0n) is 55.2. The van der Waals surface area contributed by atoms with Gasteiger partial charge in [-0.25, -0.2) is 0 Å². The number of hydrogen-bond acceptors (Lipinski definition) is 6. The average molecular weight is 1160 g/mol. The van der Waals surface area contributed by atoms with E-state index in [9.17, 15) is 14.4 Å². The Bertz CT molecular complexity index is 1570. The molecular formula is C77H136O6. The first-order valence-electron chi connectivity index (χ1n) is 36.1. The summed E-state index contributed by atoms with van der Waals surface area (Å²) >= 11 is 0. The first-order chi connectivity index (χ1) is 41.0. The lowest BCUT2D eigenvalue weighted by Gasteiger charge is -2.18. The minimum absolute atomic E-state index is 0.0949. The molecule has 0 saturated heterocycles. The van der Waals surface area contributed by atoms with E-state index in [1.807, 2.05) is 0 Å². The van der Waals surface area contributed by atoms with Crippen molar-refractivity contribution in [2.24, 2.45) is 0 Å². The second-order valence-electron chi connectivity index (χ2n) is 24.1.